The Morgan fingerprint density at radius 3 is 2.48 bits per heavy atom. The van der Waals surface area contributed by atoms with Crippen LogP contribution >= 0.6 is 0 Å². The molecular formula is C31H44N2O7. The van der Waals surface area contributed by atoms with Gasteiger partial charge < -0.3 is 23.5 Å². The van der Waals surface area contributed by atoms with E-state index in [-0.39, 0.29) is 18.4 Å². The Kier molecular flexibility index (Phi) is 7.46. The first kappa shape index (κ1) is 28.6. The molecule has 0 saturated carbocycles. The van der Waals surface area contributed by atoms with Crippen LogP contribution in [0, 0.1) is 5.41 Å². The molecule has 2 amide bonds. The smallest absolute Gasteiger partial charge is 0.464 e. The summed E-state index contributed by atoms with van der Waals surface area (Å²) in [5, 5.41) is 0. The highest BCUT2D eigenvalue weighted by atomic mass is 16.7. The van der Waals surface area contributed by atoms with Crippen LogP contribution in [0.1, 0.15) is 109 Å². The van der Waals surface area contributed by atoms with Crippen molar-refractivity contribution in [3.05, 3.63) is 35.3 Å². The zero-order valence-electron chi connectivity index (χ0n) is 24.8. The van der Waals surface area contributed by atoms with Crippen molar-refractivity contribution in [1.82, 2.24) is 9.80 Å². The molecule has 6 bridgehead atoms. The first-order chi connectivity index (χ1) is 18.8. The lowest BCUT2D eigenvalue weighted by molar-refractivity contribution is -0.149. The Labute approximate surface area is 237 Å². The number of ether oxygens (including phenoxy) is 3. The molecule has 2 fully saturated rings. The lowest BCUT2D eigenvalue weighted by Crippen LogP contribution is -2.53. The number of fused-ring (bicyclic) bond motifs is 7. The number of carbonyl (C=O) groups excluding carboxylic acids is 3. The number of likely N-dealkylation sites (tertiary alicyclic amines) is 1. The van der Waals surface area contributed by atoms with Gasteiger partial charge in [0.1, 0.15) is 35.4 Å². The average Bonchev–Trinajstić information content (AvgIpc) is 3.45. The monoisotopic (exact) mass is 556 g/mol. The molecule has 5 heterocycles. The molecule has 220 valence electrons. The van der Waals surface area contributed by atoms with Crippen LogP contribution in [-0.4, -0.2) is 64.9 Å². The SMILES string of the molecule is CC(C)(C)OC(=O)OC[C@H]1C[C@@]23C(=O)N4CCCC/C=C\CCc5cc(c(o5)C2N1C(=O)OC(C)(C)C)[C@@H]3CC4. The number of furan rings is 1. The van der Waals surface area contributed by atoms with Gasteiger partial charge in [0, 0.05) is 31.0 Å². The number of hydrogen-bond acceptors (Lipinski definition) is 7. The van der Waals surface area contributed by atoms with Gasteiger partial charge in [-0.05, 0) is 86.1 Å². The third-order valence-corrected chi connectivity index (χ3v) is 8.35. The van der Waals surface area contributed by atoms with Gasteiger partial charge in [-0.2, -0.15) is 0 Å². The number of hydrogen-bond donors (Lipinski definition) is 0. The van der Waals surface area contributed by atoms with E-state index in [1.165, 1.54) is 0 Å². The molecule has 4 aliphatic heterocycles. The Morgan fingerprint density at radius 1 is 1.02 bits per heavy atom. The van der Waals surface area contributed by atoms with E-state index in [2.05, 4.69) is 18.2 Å². The zero-order valence-corrected chi connectivity index (χ0v) is 24.8. The van der Waals surface area contributed by atoms with Crippen molar-refractivity contribution < 1.29 is 33.0 Å². The Hall–Kier alpha value is -2.97. The van der Waals surface area contributed by atoms with E-state index in [0.29, 0.717) is 25.3 Å². The van der Waals surface area contributed by atoms with Crippen LogP contribution in [0.4, 0.5) is 9.59 Å². The van der Waals surface area contributed by atoms with Gasteiger partial charge in [0.2, 0.25) is 5.91 Å². The minimum Gasteiger partial charge on any atom is -0.464 e. The summed E-state index contributed by atoms with van der Waals surface area (Å²) in [6.07, 6.45) is 8.80. The molecular weight excluding hydrogens is 512 g/mol. The van der Waals surface area contributed by atoms with Crippen molar-refractivity contribution >= 4 is 18.2 Å². The summed E-state index contributed by atoms with van der Waals surface area (Å²) in [4.78, 5) is 44.5. The highest BCUT2D eigenvalue weighted by Crippen LogP contribution is 2.67. The first-order valence-corrected chi connectivity index (χ1v) is 14.7. The molecule has 1 aromatic heterocycles. The Morgan fingerprint density at radius 2 is 1.75 bits per heavy atom. The van der Waals surface area contributed by atoms with Crippen LogP contribution in [0.5, 0.6) is 0 Å². The zero-order chi connectivity index (χ0) is 28.9. The fourth-order valence-electron chi connectivity index (χ4n) is 6.95. The van der Waals surface area contributed by atoms with Crippen LogP contribution in [0.3, 0.4) is 0 Å². The van der Waals surface area contributed by atoms with E-state index < -0.39 is 40.9 Å². The van der Waals surface area contributed by atoms with E-state index >= 15 is 0 Å². The fraction of sp³-hybridized carbons (Fsp3) is 0.710. The van der Waals surface area contributed by atoms with Gasteiger partial charge in [-0.15, -0.1) is 0 Å². The van der Waals surface area contributed by atoms with Gasteiger partial charge in [-0.1, -0.05) is 12.2 Å². The van der Waals surface area contributed by atoms with Crippen LogP contribution < -0.4 is 0 Å². The molecule has 1 unspecified atom stereocenters. The van der Waals surface area contributed by atoms with Crippen LogP contribution in [0.2, 0.25) is 0 Å². The highest BCUT2D eigenvalue weighted by Gasteiger charge is 2.70. The summed E-state index contributed by atoms with van der Waals surface area (Å²) >= 11 is 0. The average molecular weight is 557 g/mol. The molecule has 1 spiro atoms. The predicted molar refractivity (Wildman–Crippen MR) is 148 cm³/mol. The molecule has 0 N–H and O–H groups in total. The summed E-state index contributed by atoms with van der Waals surface area (Å²) in [6.45, 7) is 12.0. The van der Waals surface area contributed by atoms with Crippen LogP contribution in [0.25, 0.3) is 0 Å². The van der Waals surface area contributed by atoms with E-state index in [0.717, 1.165) is 49.8 Å². The van der Waals surface area contributed by atoms with E-state index in [1.54, 1.807) is 25.7 Å². The maximum atomic E-state index is 14.5. The van der Waals surface area contributed by atoms with Gasteiger partial charge in [-0.25, -0.2) is 9.59 Å². The second kappa shape index (κ2) is 10.5. The first-order valence-electron chi connectivity index (χ1n) is 14.7. The van der Waals surface area contributed by atoms with E-state index in [9.17, 15) is 14.4 Å². The number of aryl methyl sites for hydroxylation is 1. The van der Waals surface area contributed by atoms with Crippen molar-refractivity contribution in [2.24, 2.45) is 5.41 Å². The highest BCUT2D eigenvalue weighted by molar-refractivity contribution is 5.89. The molecule has 0 aromatic carbocycles. The fourth-order valence-corrected chi connectivity index (χ4v) is 6.95. The molecule has 1 aliphatic carbocycles. The van der Waals surface area contributed by atoms with Gasteiger partial charge in [0.05, 0.1) is 11.5 Å². The molecule has 5 aliphatic rings. The van der Waals surface area contributed by atoms with Crippen molar-refractivity contribution in [2.75, 3.05) is 19.7 Å². The van der Waals surface area contributed by atoms with Crippen molar-refractivity contribution in [1.29, 1.82) is 0 Å². The van der Waals surface area contributed by atoms with Gasteiger partial charge in [-0.3, -0.25) is 9.69 Å². The van der Waals surface area contributed by atoms with Crippen molar-refractivity contribution in [3.63, 3.8) is 0 Å². The molecule has 2 saturated heterocycles. The van der Waals surface area contributed by atoms with Gasteiger partial charge in [0.25, 0.3) is 0 Å². The largest absolute Gasteiger partial charge is 0.508 e. The standard InChI is InChI=1S/C31H44N2O7/c1-29(2,3)39-27(35)33-20(19-37-28(36)40-30(4,5)6)18-31-23-14-16-32(26(31)34)15-12-10-8-7-9-11-13-21-17-22(23)24(38-21)25(31)33/h7,9,17,20,23,25H,8,10-16,18-19H2,1-6H3/b9-7-/t20-,23+,25?,31+/m1/s1. The molecule has 40 heavy (non-hydrogen) atoms. The van der Waals surface area contributed by atoms with E-state index in [1.807, 2.05) is 25.7 Å². The minimum absolute atomic E-state index is 0.0560. The van der Waals surface area contributed by atoms with Crippen LogP contribution in [0.15, 0.2) is 22.6 Å². The van der Waals surface area contributed by atoms with E-state index in [4.69, 9.17) is 18.6 Å². The molecule has 0 radical (unpaired) electrons. The third-order valence-electron chi connectivity index (χ3n) is 8.35. The van der Waals surface area contributed by atoms with Gasteiger partial charge >= 0.3 is 12.2 Å². The maximum Gasteiger partial charge on any atom is 0.508 e. The molecule has 9 heteroatoms. The number of allylic oxidation sites excluding steroid dienone is 2. The summed E-state index contributed by atoms with van der Waals surface area (Å²) in [5.41, 5.74) is -1.31. The number of piperidine rings is 1. The second-order valence-corrected chi connectivity index (χ2v) is 13.6. The van der Waals surface area contributed by atoms with Gasteiger partial charge in [0.15, 0.2) is 0 Å². The topological polar surface area (TPSA) is 98.5 Å². The predicted octanol–water partition coefficient (Wildman–Crippen LogP) is 6.27. The quantitative estimate of drug-likeness (QED) is 0.313. The normalized spacial score (nSPS) is 29.1. The Balaban J connectivity index is 1.56. The number of rotatable bonds is 2. The number of amides is 2. The number of carbonyl (C=O) groups is 3. The lowest BCUT2D eigenvalue weighted by Gasteiger charge is -2.44. The minimum atomic E-state index is -0.887. The summed E-state index contributed by atoms with van der Waals surface area (Å²) in [7, 11) is 0. The molecule has 9 nitrogen and oxygen atoms in total. The molecule has 1 aromatic rings. The summed E-state index contributed by atoms with van der Waals surface area (Å²) in [6, 6.07) is 0.914. The van der Waals surface area contributed by atoms with Crippen molar-refractivity contribution in [3.8, 4) is 0 Å². The Bertz CT molecular complexity index is 1170. The maximum absolute atomic E-state index is 14.5. The second-order valence-electron chi connectivity index (χ2n) is 13.6. The molecule has 6 rings (SSSR count). The van der Waals surface area contributed by atoms with Crippen LogP contribution in [-0.2, 0) is 25.4 Å². The number of nitrogens with zero attached hydrogens (tertiary/aromatic N) is 2. The summed E-state index contributed by atoms with van der Waals surface area (Å²) in [5.74, 6) is 1.52. The molecule has 4 atom stereocenters. The van der Waals surface area contributed by atoms with Crippen molar-refractivity contribution in [2.45, 2.75) is 116 Å². The summed E-state index contributed by atoms with van der Waals surface area (Å²) < 4.78 is 23.3. The lowest BCUT2D eigenvalue weighted by atomic mass is 9.67. The third kappa shape index (κ3) is 5.36.